The van der Waals surface area contributed by atoms with E-state index in [1.54, 1.807) is 0 Å². The molecule has 0 radical (unpaired) electrons. The van der Waals surface area contributed by atoms with Gasteiger partial charge in [0.25, 0.3) is 0 Å². The Kier molecular flexibility index (Phi) is 4.77. The molecule has 110 valence electrons. The van der Waals surface area contributed by atoms with Gasteiger partial charge in [0.2, 0.25) is 0 Å². The summed E-state index contributed by atoms with van der Waals surface area (Å²) in [5.74, 6) is 6.32. The minimum absolute atomic E-state index is 0.0108. The maximum Gasteiger partial charge on any atom is 0.301 e. The van der Waals surface area contributed by atoms with Crippen LogP contribution in [0.1, 0.15) is 16.7 Å². The van der Waals surface area contributed by atoms with Crippen molar-refractivity contribution in [1.29, 1.82) is 0 Å². The van der Waals surface area contributed by atoms with Crippen molar-refractivity contribution < 1.29 is 4.92 Å². The summed E-state index contributed by atoms with van der Waals surface area (Å²) in [5.41, 5.74) is 5.85. The lowest BCUT2D eigenvalue weighted by atomic mass is 10.1. The van der Waals surface area contributed by atoms with Gasteiger partial charge in [-0.15, -0.1) is 0 Å². The molecule has 0 aliphatic carbocycles. The number of benzene rings is 1. The molecule has 0 atom stereocenters. The molecular weight excluding hydrogens is 288 g/mol. The quantitative estimate of drug-likeness (QED) is 0.381. The highest BCUT2D eigenvalue weighted by Crippen LogP contribution is 2.31. The molecule has 0 fully saturated rings. The van der Waals surface area contributed by atoms with Crippen molar-refractivity contribution in [2.45, 2.75) is 24.6 Å². The fraction of sp³-hybridized carbons (Fsp3) is 0.214. The van der Waals surface area contributed by atoms with Gasteiger partial charge in [-0.2, -0.15) is 0 Å². The van der Waals surface area contributed by atoms with Gasteiger partial charge in [-0.3, -0.25) is 10.1 Å². The molecule has 3 N–H and O–H groups in total. The normalized spacial score (nSPS) is 10.4. The van der Waals surface area contributed by atoms with E-state index in [4.69, 9.17) is 5.84 Å². The second-order valence-corrected chi connectivity index (χ2v) is 5.67. The van der Waals surface area contributed by atoms with Crippen LogP contribution in [0, 0.1) is 24.0 Å². The van der Waals surface area contributed by atoms with E-state index in [0.29, 0.717) is 16.6 Å². The van der Waals surface area contributed by atoms with Crippen molar-refractivity contribution in [1.82, 2.24) is 4.98 Å². The van der Waals surface area contributed by atoms with E-state index in [1.165, 1.54) is 35.0 Å². The third-order valence-corrected chi connectivity index (χ3v) is 3.89. The smallest absolute Gasteiger partial charge is 0.301 e. The number of thioether (sulfide) groups is 1. The number of rotatable bonds is 5. The third kappa shape index (κ3) is 3.93. The van der Waals surface area contributed by atoms with Gasteiger partial charge in [0, 0.05) is 11.8 Å². The molecule has 1 aromatic carbocycles. The molecule has 0 aliphatic heterocycles. The Morgan fingerprint density at radius 2 is 1.95 bits per heavy atom. The Hall–Kier alpha value is -2.12. The van der Waals surface area contributed by atoms with E-state index < -0.39 is 4.92 Å². The predicted octanol–water partition coefficient (Wildman–Crippen LogP) is 3.18. The van der Waals surface area contributed by atoms with Crippen molar-refractivity contribution >= 4 is 23.3 Å². The zero-order valence-electron chi connectivity index (χ0n) is 11.8. The molecule has 0 saturated heterocycles. The first-order valence-electron chi connectivity index (χ1n) is 6.31. The molecule has 0 unspecified atom stereocenters. The molecular formula is C14H16N4O2S. The molecule has 0 spiro atoms. The number of nitrogens with one attached hydrogen (secondary N) is 1. The standard InChI is InChI=1S/C14H16N4O2S/c1-9-5-10(2)7-11(6-9)8-21-14-12(18(19)20)3-4-13(16-14)17-15/h3-7H,8,15H2,1-2H3,(H,16,17). The highest BCUT2D eigenvalue weighted by molar-refractivity contribution is 7.98. The second kappa shape index (κ2) is 6.55. The van der Waals surface area contributed by atoms with Crippen LogP contribution in [0.2, 0.25) is 0 Å². The molecule has 0 aliphatic rings. The molecule has 0 amide bonds. The maximum atomic E-state index is 11.0. The Morgan fingerprint density at radius 1 is 1.29 bits per heavy atom. The van der Waals surface area contributed by atoms with E-state index in [1.807, 2.05) is 13.8 Å². The van der Waals surface area contributed by atoms with Crippen molar-refractivity contribution in [2.75, 3.05) is 5.43 Å². The van der Waals surface area contributed by atoms with E-state index in [9.17, 15) is 10.1 Å². The van der Waals surface area contributed by atoms with Crippen molar-refractivity contribution in [2.24, 2.45) is 5.84 Å². The molecule has 7 heteroatoms. The van der Waals surface area contributed by atoms with E-state index >= 15 is 0 Å². The Bertz CT molecular complexity index is 656. The largest absolute Gasteiger partial charge is 0.308 e. The first kappa shape index (κ1) is 15.3. The first-order valence-corrected chi connectivity index (χ1v) is 7.30. The second-order valence-electron chi connectivity index (χ2n) is 4.71. The number of nitrogen functional groups attached to an aromatic ring is 1. The summed E-state index contributed by atoms with van der Waals surface area (Å²) < 4.78 is 0. The zero-order valence-corrected chi connectivity index (χ0v) is 12.6. The van der Waals surface area contributed by atoms with Crippen LogP contribution >= 0.6 is 11.8 Å². The van der Waals surface area contributed by atoms with E-state index in [2.05, 4.69) is 28.6 Å². The molecule has 0 bridgehead atoms. The lowest BCUT2D eigenvalue weighted by Crippen LogP contribution is -2.09. The van der Waals surface area contributed by atoms with Crippen LogP contribution in [0.15, 0.2) is 35.4 Å². The number of nitrogens with zero attached hydrogens (tertiary/aromatic N) is 2. The van der Waals surface area contributed by atoms with Gasteiger partial charge in [0.15, 0.2) is 5.03 Å². The van der Waals surface area contributed by atoms with Crippen LogP contribution < -0.4 is 11.3 Å². The Labute approximate surface area is 126 Å². The number of aryl methyl sites for hydroxylation is 2. The number of hydrogen-bond donors (Lipinski definition) is 2. The van der Waals surface area contributed by atoms with Gasteiger partial charge < -0.3 is 5.43 Å². The highest BCUT2D eigenvalue weighted by Gasteiger charge is 2.16. The predicted molar refractivity (Wildman–Crippen MR) is 84.2 cm³/mol. The van der Waals surface area contributed by atoms with Crippen LogP contribution in [0.4, 0.5) is 11.5 Å². The molecule has 21 heavy (non-hydrogen) atoms. The summed E-state index contributed by atoms with van der Waals surface area (Å²) >= 11 is 1.33. The lowest BCUT2D eigenvalue weighted by Gasteiger charge is -2.06. The fourth-order valence-corrected chi connectivity index (χ4v) is 2.99. The molecule has 1 heterocycles. The molecule has 2 aromatic rings. The summed E-state index contributed by atoms with van der Waals surface area (Å²) in [7, 11) is 0. The molecule has 6 nitrogen and oxygen atoms in total. The summed E-state index contributed by atoms with van der Waals surface area (Å²) in [5, 5.41) is 11.4. The van der Waals surface area contributed by atoms with E-state index in [-0.39, 0.29) is 5.69 Å². The average molecular weight is 304 g/mol. The van der Waals surface area contributed by atoms with Crippen LogP contribution in [0.5, 0.6) is 0 Å². The van der Waals surface area contributed by atoms with Crippen LogP contribution in [0.25, 0.3) is 0 Å². The highest BCUT2D eigenvalue weighted by atomic mass is 32.2. The minimum Gasteiger partial charge on any atom is -0.308 e. The number of pyridine rings is 1. The summed E-state index contributed by atoms with van der Waals surface area (Å²) in [6.45, 7) is 4.06. The third-order valence-electron chi connectivity index (χ3n) is 2.84. The zero-order chi connectivity index (χ0) is 15.4. The van der Waals surface area contributed by atoms with Gasteiger partial charge >= 0.3 is 5.69 Å². The number of anilines is 1. The van der Waals surface area contributed by atoms with E-state index in [0.717, 1.165) is 5.56 Å². The van der Waals surface area contributed by atoms with Crippen molar-refractivity contribution in [3.63, 3.8) is 0 Å². The monoisotopic (exact) mass is 304 g/mol. The topological polar surface area (TPSA) is 94.1 Å². The number of hydrazine groups is 1. The molecule has 1 aromatic heterocycles. The summed E-state index contributed by atoms with van der Waals surface area (Å²) in [6, 6.07) is 9.12. The van der Waals surface area contributed by atoms with Gasteiger partial charge in [-0.1, -0.05) is 41.1 Å². The minimum atomic E-state index is -0.433. The first-order chi connectivity index (χ1) is 9.99. The summed E-state index contributed by atoms with van der Waals surface area (Å²) in [4.78, 5) is 14.8. The van der Waals surface area contributed by atoms with Crippen molar-refractivity contribution in [3.8, 4) is 0 Å². The average Bonchev–Trinajstić information content (AvgIpc) is 2.43. The number of nitrogens with two attached hydrogens (primary N) is 1. The van der Waals surface area contributed by atoms with Crippen LogP contribution in [0.3, 0.4) is 0 Å². The Morgan fingerprint density at radius 3 is 2.52 bits per heavy atom. The van der Waals surface area contributed by atoms with Crippen molar-refractivity contribution in [3.05, 3.63) is 57.1 Å². The maximum absolute atomic E-state index is 11.0. The SMILES string of the molecule is Cc1cc(C)cc(CSc2nc(NN)ccc2[N+](=O)[O-])c1. The molecule has 0 saturated carbocycles. The van der Waals surface area contributed by atoms with Gasteiger partial charge in [0.05, 0.1) is 4.92 Å². The Balaban J connectivity index is 2.23. The number of nitro groups is 1. The summed E-state index contributed by atoms with van der Waals surface area (Å²) in [6.07, 6.45) is 0. The number of aromatic nitrogens is 1. The van der Waals surface area contributed by atoms with Gasteiger partial charge in [0.1, 0.15) is 5.82 Å². The fourth-order valence-electron chi connectivity index (χ4n) is 2.06. The van der Waals surface area contributed by atoms with Crippen LogP contribution in [-0.2, 0) is 5.75 Å². The number of hydrogen-bond acceptors (Lipinski definition) is 6. The van der Waals surface area contributed by atoms with Gasteiger partial charge in [-0.05, 0) is 25.5 Å². The van der Waals surface area contributed by atoms with Gasteiger partial charge in [-0.25, -0.2) is 10.8 Å². The lowest BCUT2D eigenvalue weighted by molar-refractivity contribution is -0.388. The van der Waals surface area contributed by atoms with Crippen LogP contribution in [-0.4, -0.2) is 9.91 Å². The molecule has 2 rings (SSSR count).